The molecule has 1 atom stereocenters. The molecule has 0 aliphatic carbocycles. The number of ether oxygens (including phenoxy) is 1. The van der Waals surface area contributed by atoms with Crippen molar-refractivity contribution in [3.05, 3.63) is 46.7 Å². The van der Waals surface area contributed by atoms with E-state index in [2.05, 4.69) is 10.3 Å². The lowest BCUT2D eigenvalue weighted by molar-refractivity contribution is 0.142. The number of halogens is 1. The summed E-state index contributed by atoms with van der Waals surface area (Å²) < 4.78 is 7.36. The fourth-order valence-corrected chi connectivity index (χ4v) is 2.94. The zero-order valence-electron chi connectivity index (χ0n) is 9.62. The lowest BCUT2D eigenvalue weighted by atomic mass is 10.2. The van der Waals surface area contributed by atoms with Gasteiger partial charge in [0.25, 0.3) is 0 Å². The maximum atomic E-state index is 5.95. The van der Waals surface area contributed by atoms with Gasteiger partial charge in [0.05, 0.1) is 19.3 Å². The van der Waals surface area contributed by atoms with Crippen molar-refractivity contribution in [2.45, 2.75) is 12.0 Å². The first-order valence-corrected chi connectivity index (χ1v) is 7.11. The average Bonchev–Trinajstić information content (AvgIpc) is 2.98. The topological polar surface area (TPSA) is 39.9 Å². The van der Waals surface area contributed by atoms with Gasteiger partial charge in [0, 0.05) is 10.8 Å². The van der Waals surface area contributed by atoms with Crippen LogP contribution in [-0.4, -0.2) is 27.4 Å². The Morgan fingerprint density at radius 2 is 2.44 bits per heavy atom. The smallest absolute Gasteiger partial charge is 0.148 e. The van der Waals surface area contributed by atoms with Gasteiger partial charge in [0.2, 0.25) is 0 Å². The van der Waals surface area contributed by atoms with Crippen LogP contribution in [0.25, 0.3) is 0 Å². The predicted molar refractivity (Wildman–Crippen MR) is 71.7 cm³/mol. The monoisotopic (exact) mass is 281 g/mol. The Kier molecular flexibility index (Phi) is 3.54. The van der Waals surface area contributed by atoms with Crippen molar-refractivity contribution in [3.63, 3.8) is 0 Å². The van der Waals surface area contributed by atoms with Gasteiger partial charge in [-0.25, -0.2) is 4.68 Å². The second-order valence-electron chi connectivity index (χ2n) is 4.04. The highest BCUT2D eigenvalue weighted by molar-refractivity contribution is 7.99. The molecule has 0 spiro atoms. The summed E-state index contributed by atoms with van der Waals surface area (Å²) in [5.41, 5.74) is 2.04. The number of benzene rings is 1. The quantitative estimate of drug-likeness (QED) is 0.867. The number of hydrogen-bond acceptors (Lipinski definition) is 4. The van der Waals surface area contributed by atoms with E-state index in [1.54, 1.807) is 11.8 Å². The molecule has 94 valence electrons. The van der Waals surface area contributed by atoms with Gasteiger partial charge >= 0.3 is 0 Å². The predicted octanol–water partition coefficient (Wildman–Crippen LogP) is 2.74. The van der Waals surface area contributed by atoms with Gasteiger partial charge in [-0.2, -0.15) is 0 Å². The lowest BCUT2D eigenvalue weighted by Gasteiger charge is -2.03. The second kappa shape index (κ2) is 5.30. The molecule has 2 heterocycles. The van der Waals surface area contributed by atoms with Crippen LogP contribution in [0.15, 0.2) is 30.5 Å². The lowest BCUT2D eigenvalue weighted by Crippen LogP contribution is -2.00. The van der Waals surface area contributed by atoms with E-state index in [4.69, 9.17) is 16.3 Å². The fraction of sp³-hybridized carbons (Fsp3) is 0.333. The molecule has 0 bridgehead atoms. The van der Waals surface area contributed by atoms with Crippen LogP contribution in [0.3, 0.4) is 0 Å². The van der Waals surface area contributed by atoms with Crippen molar-refractivity contribution in [3.8, 4) is 0 Å². The van der Waals surface area contributed by atoms with E-state index in [1.807, 2.05) is 35.1 Å². The number of aromatic nitrogens is 3. The van der Waals surface area contributed by atoms with Crippen LogP contribution in [0.1, 0.15) is 16.7 Å². The minimum absolute atomic E-state index is 0.0399. The van der Waals surface area contributed by atoms with Gasteiger partial charge in [-0.05, 0) is 17.7 Å². The molecule has 0 saturated carbocycles. The van der Waals surface area contributed by atoms with Crippen molar-refractivity contribution in [2.75, 3.05) is 12.4 Å². The Labute approximate surface area is 114 Å². The molecule has 2 aromatic rings. The first kappa shape index (κ1) is 12.0. The number of nitrogens with zero attached hydrogens (tertiary/aromatic N) is 3. The highest BCUT2D eigenvalue weighted by atomic mass is 35.5. The number of thioether (sulfide) groups is 1. The Hall–Kier alpha value is -1.04. The maximum absolute atomic E-state index is 5.95. The maximum Gasteiger partial charge on any atom is 0.148 e. The highest BCUT2D eigenvalue weighted by Gasteiger charge is 2.21. The van der Waals surface area contributed by atoms with Crippen LogP contribution in [0.4, 0.5) is 0 Å². The Balaban J connectivity index is 1.73. The van der Waals surface area contributed by atoms with E-state index in [0.717, 1.165) is 28.6 Å². The second-order valence-corrected chi connectivity index (χ2v) is 5.65. The molecule has 4 nitrogen and oxygen atoms in total. The van der Waals surface area contributed by atoms with Crippen molar-refractivity contribution in [1.82, 2.24) is 15.0 Å². The molecule has 0 N–H and O–H groups in total. The molecule has 1 saturated heterocycles. The molecule has 1 fully saturated rings. The summed E-state index contributed by atoms with van der Waals surface area (Å²) in [4.78, 5) is 0. The Morgan fingerprint density at radius 3 is 3.22 bits per heavy atom. The molecular weight excluding hydrogens is 270 g/mol. The summed E-state index contributed by atoms with van der Waals surface area (Å²) in [6, 6.07) is 7.75. The molecule has 0 unspecified atom stereocenters. The molecule has 1 aliphatic rings. The van der Waals surface area contributed by atoms with Crippen molar-refractivity contribution in [2.24, 2.45) is 0 Å². The van der Waals surface area contributed by atoms with Gasteiger partial charge in [-0.1, -0.05) is 28.9 Å². The first-order chi connectivity index (χ1) is 8.81. The molecule has 18 heavy (non-hydrogen) atoms. The summed E-state index contributed by atoms with van der Waals surface area (Å²) in [7, 11) is 0. The molecule has 6 heteroatoms. The minimum atomic E-state index is 0.0399. The number of hydrogen-bond donors (Lipinski definition) is 0. The van der Waals surface area contributed by atoms with Crippen LogP contribution >= 0.6 is 23.4 Å². The molecule has 1 aliphatic heterocycles. The SMILES string of the molecule is Clc1cccc(Cn2cc([C@@H]3OCCS3)nn2)c1. The minimum Gasteiger partial charge on any atom is -0.360 e. The van der Waals surface area contributed by atoms with Crippen molar-refractivity contribution >= 4 is 23.4 Å². The third kappa shape index (κ3) is 2.68. The zero-order valence-corrected chi connectivity index (χ0v) is 11.2. The van der Waals surface area contributed by atoms with Crippen LogP contribution < -0.4 is 0 Å². The van der Waals surface area contributed by atoms with Crippen LogP contribution in [0.2, 0.25) is 5.02 Å². The summed E-state index contributed by atoms with van der Waals surface area (Å²) in [5, 5.41) is 9.01. The van der Waals surface area contributed by atoms with Gasteiger partial charge < -0.3 is 4.74 Å². The largest absolute Gasteiger partial charge is 0.360 e. The highest BCUT2D eigenvalue weighted by Crippen LogP contribution is 2.33. The average molecular weight is 282 g/mol. The Morgan fingerprint density at radius 1 is 1.50 bits per heavy atom. The van der Waals surface area contributed by atoms with Crippen LogP contribution in [-0.2, 0) is 11.3 Å². The normalized spacial score (nSPS) is 19.3. The molecular formula is C12H12ClN3OS. The van der Waals surface area contributed by atoms with Gasteiger partial charge in [0.1, 0.15) is 11.1 Å². The summed E-state index contributed by atoms with van der Waals surface area (Å²) in [5.74, 6) is 1.02. The third-order valence-electron chi connectivity index (χ3n) is 2.65. The zero-order chi connectivity index (χ0) is 12.4. The standard InChI is InChI=1S/C12H12ClN3OS/c13-10-3-1-2-9(6-10)7-16-8-11(14-15-16)12-17-4-5-18-12/h1-3,6,8,12H,4-5,7H2/t12-/m1/s1. The number of rotatable bonds is 3. The van der Waals surface area contributed by atoms with Gasteiger partial charge in [-0.15, -0.1) is 16.9 Å². The third-order valence-corrected chi connectivity index (χ3v) is 3.97. The van der Waals surface area contributed by atoms with E-state index in [0.29, 0.717) is 6.54 Å². The summed E-state index contributed by atoms with van der Waals surface area (Å²) in [6.07, 6.45) is 1.93. The molecule has 3 rings (SSSR count). The summed E-state index contributed by atoms with van der Waals surface area (Å²) in [6.45, 7) is 1.46. The van der Waals surface area contributed by atoms with E-state index in [1.165, 1.54) is 0 Å². The van der Waals surface area contributed by atoms with Gasteiger partial charge in [-0.3, -0.25) is 0 Å². The Bertz CT molecular complexity index is 540. The first-order valence-electron chi connectivity index (χ1n) is 5.69. The summed E-state index contributed by atoms with van der Waals surface area (Å²) >= 11 is 7.71. The molecule has 0 amide bonds. The van der Waals surface area contributed by atoms with E-state index in [-0.39, 0.29) is 5.44 Å². The van der Waals surface area contributed by atoms with E-state index >= 15 is 0 Å². The van der Waals surface area contributed by atoms with Crippen molar-refractivity contribution in [1.29, 1.82) is 0 Å². The van der Waals surface area contributed by atoms with Crippen molar-refractivity contribution < 1.29 is 4.74 Å². The van der Waals surface area contributed by atoms with E-state index in [9.17, 15) is 0 Å². The molecule has 0 radical (unpaired) electrons. The van der Waals surface area contributed by atoms with Gasteiger partial charge in [0.15, 0.2) is 0 Å². The molecule has 1 aromatic carbocycles. The van der Waals surface area contributed by atoms with Crippen LogP contribution in [0, 0.1) is 0 Å². The fourth-order valence-electron chi connectivity index (χ4n) is 1.85. The van der Waals surface area contributed by atoms with E-state index < -0.39 is 0 Å². The van der Waals surface area contributed by atoms with Crippen LogP contribution in [0.5, 0.6) is 0 Å². The molecule has 1 aromatic heterocycles.